The van der Waals surface area contributed by atoms with E-state index < -0.39 is 11.1 Å². The number of aryl methyl sites for hydroxylation is 1. The quantitative estimate of drug-likeness (QED) is 0.380. The maximum absolute atomic E-state index is 12.8. The summed E-state index contributed by atoms with van der Waals surface area (Å²) in [6.45, 7) is 4.15. The van der Waals surface area contributed by atoms with Gasteiger partial charge in [-0.3, -0.25) is 19.3 Å². The maximum Gasteiger partial charge on any atom is 0.294 e. The Bertz CT molecular complexity index is 1100. The topological polar surface area (TPSA) is 76.2 Å². The number of thioether (sulfide) groups is 1. The standard InChI is InChI=1S/C24H23IN2O5S/c1-16-2-4-17(5-3-16)15-32-20-7-6-18(12-19(20)25)13-21-23(29)27(24(30)33-21)14-22(28)26-8-10-31-11-9-26/h2-7,12-13H,8-11,14-15H2,1H3/b21-13+. The molecule has 2 aromatic rings. The number of ether oxygens (including phenoxy) is 2. The number of amides is 3. The van der Waals surface area contributed by atoms with E-state index in [9.17, 15) is 14.4 Å². The molecule has 9 heteroatoms. The van der Waals surface area contributed by atoms with E-state index in [1.54, 1.807) is 11.0 Å². The Labute approximate surface area is 210 Å². The van der Waals surface area contributed by atoms with Gasteiger partial charge in [-0.25, -0.2) is 0 Å². The minimum absolute atomic E-state index is 0.244. The van der Waals surface area contributed by atoms with Crippen LogP contribution in [-0.4, -0.2) is 59.7 Å². The van der Waals surface area contributed by atoms with E-state index in [4.69, 9.17) is 9.47 Å². The second-order valence-corrected chi connectivity index (χ2v) is 9.88. The van der Waals surface area contributed by atoms with Gasteiger partial charge in [-0.1, -0.05) is 35.9 Å². The third-order valence-corrected chi connectivity index (χ3v) is 7.05. The first kappa shape index (κ1) is 23.8. The highest BCUT2D eigenvalue weighted by atomic mass is 127. The number of halogens is 1. The van der Waals surface area contributed by atoms with Crippen molar-refractivity contribution >= 4 is 57.5 Å². The molecule has 0 atom stereocenters. The third-order valence-electron chi connectivity index (χ3n) is 5.30. The summed E-state index contributed by atoms with van der Waals surface area (Å²) in [5, 5.41) is -0.430. The fourth-order valence-electron chi connectivity index (χ4n) is 3.40. The summed E-state index contributed by atoms with van der Waals surface area (Å²) < 4.78 is 12.1. The molecule has 2 aliphatic heterocycles. The van der Waals surface area contributed by atoms with Gasteiger partial charge in [0.1, 0.15) is 18.9 Å². The Balaban J connectivity index is 1.40. The van der Waals surface area contributed by atoms with Crippen LogP contribution in [0.4, 0.5) is 4.79 Å². The summed E-state index contributed by atoms with van der Waals surface area (Å²) in [6.07, 6.45) is 1.68. The smallest absolute Gasteiger partial charge is 0.294 e. The summed E-state index contributed by atoms with van der Waals surface area (Å²) in [6, 6.07) is 13.8. The van der Waals surface area contributed by atoms with Gasteiger partial charge in [-0.15, -0.1) is 0 Å². The maximum atomic E-state index is 12.8. The van der Waals surface area contributed by atoms with Crippen molar-refractivity contribution in [2.75, 3.05) is 32.8 Å². The first-order chi connectivity index (χ1) is 15.9. The van der Waals surface area contributed by atoms with E-state index in [-0.39, 0.29) is 12.5 Å². The largest absolute Gasteiger partial charge is 0.488 e. The molecule has 0 radical (unpaired) electrons. The second-order valence-electron chi connectivity index (χ2n) is 7.73. The lowest BCUT2D eigenvalue weighted by Crippen LogP contribution is -2.46. The lowest BCUT2D eigenvalue weighted by atomic mass is 10.1. The minimum Gasteiger partial charge on any atom is -0.488 e. The van der Waals surface area contributed by atoms with E-state index >= 15 is 0 Å². The molecule has 2 heterocycles. The van der Waals surface area contributed by atoms with E-state index in [1.807, 2.05) is 49.4 Å². The molecule has 33 heavy (non-hydrogen) atoms. The SMILES string of the molecule is Cc1ccc(COc2ccc(/C=C3/SC(=O)N(CC(=O)N4CCOCC4)C3=O)cc2I)cc1. The highest BCUT2D eigenvalue weighted by molar-refractivity contribution is 14.1. The van der Waals surface area contributed by atoms with Gasteiger partial charge in [0, 0.05) is 13.1 Å². The van der Waals surface area contributed by atoms with E-state index in [0.717, 1.165) is 37.1 Å². The average molecular weight is 578 g/mol. The highest BCUT2D eigenvalue weighted by Crippen LogP contribution is 2.33. The van der Waals surface area contributed by atoms with Crippen LogP contribution in [0, 0.1) is 10.5 Å². The van der Waals surface area contributed by atoms with Gasteiger partial charge in [0.25, 0.3) is 11.1 Å². The average Bonchev–Trinajstić information content (AvgIpc) is 3.07. The predicted molar refractivity (Wildman–Crippen MR) is 135 cm³/mol. The first-order valence-electron chi connectivity index (χ1n) is 10.5. The zero-order valence-corrected chi connectivity index (χ0v) is 21.1. The molecule has 0 spiro atoms. The molecule has 2 fully saturated rings. The number of imide groups is 1. The van der Waals surface area contributed by atoms with Crippen molar-refractivity contribution in [1.29, 1.82) is 0 Å². The van der Waals surface area contributed by atoms with Crippen LogP contribution in [0.15, 0.2) is 47.4 Å². The molecular formula is C24H23IN2O5S. The molecule has 0 unspecified atom stereocenters. The fourth-order valence-corrected chi connectivity index (χ4v) is 4.94. The number of rotatable bonds is 6. The zero-order valence-electron chi connectivity index (χ0n) is 18.1. The van der Waals surface area contributed by atoms with Crippen LogP contribution in [0.2, 0.25) is 0 Å². The molecule has 7 nitrogen and oxygen atoms in total. The zero-order chi connectivity index (χ0) is 23.4. The van der Waals surface area contributed by atoms with Gasteiger partial charge < -0.3 is 14.4 Å². The fraction of sp³-hybridized carbons (Fsp3) is 0.292. The summed E-state index contributed by atoms with van der Waals surface area (Å²) in [5.41, 5.74) is 3.07. The van der Waals surface area contributed by atoms with Crippen LogP contribution in [0.5, 0.6) is 5.75 Å². The van der Waals surface area contributed by atoms with E-state index in [2.05, 4.69) is 22.6 Å². The van der Waals surface area contributed by atoms with Crippen molar-refractivity contribution in [3.8, 4) is 5.75 Å². The second kappa shape index (κ2) is 10.7. The summed E-state index contributed by atoms with van der Waals surface area (Å²) in [5.74, 6) is 0.0605. The van der Waals surface area contributed by atoms with Crippen LogP contribution in [-0.2, 0) is 20.9 Å². The van der Waals surface area contributed by atoms with Gasteiger partial charge in [0.2, 0.25) is 5.91 Å². The van der Waals surface area contributed by atoms with Crippen molar-refractivity contribution in [3.63, 3.8) is 0 Å². The molecule has 2 aliphatic rings. The van der Waals surface area contributed by atoms with Crippen molar-refractivity contribution in [1.82, 2.24) is 9.80 Å². The number of carbonyl (C=O) groups excluding carboxylic acids is 3. The summed E-state index contributed by atoms with van der Waals surface area (Å²) in [7, 11) is 0. The number of morpholine rings is 1. The minimum atomic E-state index is -0.443. The molecule has 0 N–H and O–H groups in total. The molecule has 0 saturated carbocycles. The molecule has 3 amide bonds. The normalized spacial score (nSPS) is 17.7. The van der Waals surface area contributed by atoms with Gasteiger partial charge in [-0.2, -0.15) is 0 Å². The van der Waals surface area contributed by atoms with Crippen LogP contribution >= 0.6 is 34.4 Å². The van der Waals surface area contributed by atoms with Crippen LogP contribution < -0.4 is 4.74 Å². The Morgan fingerprint density at radius 1 is 1.15 bits per heavy atom. The van der Waals surface area contributed by atoms with Crippen molar-refractivity contribution in [2.24, 2.45) is 0 Å². The molecule has 0 aromatic heterocycles. The number of hydrogen-bond donors (Lipinski definition) is 0. The van der Waals surface area contributed by atoms with Gasteiger partial charge in [-0.05, 0) is 70.6 Å². The predicted octanol–water partition coefficient (Wildman–Crippen LogP) is 4.07. The molecule has 172 valence electrons. The van der Waals surface area contributed by atoms with Crippen molar-refractivity contribution in [3.05, 3.63) is 67.6 Å². The summed E-state index contributed by atoms with van der Waals surface area (Å²) in [4.78, 5) is 40.5. The van der Waals surface area contributed by atoms with E-state index in [1.165, 1.54) is 5.56 Å². The van der Waals surface area contributed by atoms with Gasteiger partial charge in [0.15, 0.2) is 0 Å². The molecule has 2 aromatic carbocycles. The Kier molecular flexibility index (Phi) is 7.71. The number of hydrogen-bond acceptors (Lipinski definition) is 6. The first-order valence-corrected chi connectivity index (χ1v) is 12.4. The van der Waals surface area contributed by atoms with Crippen molar-refractivity contribution < 1.29 is 23.9 Å². The van der Waals surface area contributed by atoms with Crippen LogP contribution in [0.1, 0.15) is 16.7 Å². The number of nitrogens with zero attached hydrogens (tertiary/aromatic N) is 2. The lowest BCUT2D eigenvalue weighted by Gasteiger charge is -2.28. The van der Waals surface area contributed by atoms with Crippen molar-refractivity contribution in [2.45, 2.75) is 13.5 Å². The summed E-state index contributed by atoms with van der Waals surface area (Å²) >= 11 is 3.04. The molecule has 2 saturated heterocycles. The lowest BCUT2D eigenvalue weighted by molar-refractivity contribution is -0.139. The monoisotopic (exact) mass is 578 g/mol. The molecule has 0 bridgehead atoms. The molecular weight excluding hydrogens is 555 g/mol. The van der Waals surface area contributed by atoms with Crippen LogP contribution in [0.25, 0.3) is 6.08 Å². The van der Waals surface area contributed by atoms with E-state index in [0.29, 0.717) is 37.8 Å². The Morgan fingerprint density at radius 3 is 2.58 bits per heavy atom. The highest BCUT2D eigenvalue weighted by Gasteiger charge is 2.37. The van der Waals surface area contributed by atoms with Gasteiger partial charge in [0.05, 0.1) is 21.7 Å². The molecule has 0 aliphatic carbocycles. The number of benzene rings is 2. The molecule has 4 rings (SSSR count). The Morgan fingerprint density at radius 2 is 1.88 bits per heavy atom. The van der Waals surface area contributed by atoms with Crippen LogP contribution in [0.3, 0.4) is 0 Å². The number of carbonyl (C=O) groups is 3. The van der Waals surface area contributed by atoms with Gasteiger partial charge >= 0.3 is 0 Å². The Hall–Kier alpha value is -2.37. The third kappa shape index (κ3) is 5.96.